The number of hydrogen-bond donors (Lipinski definition) is 1. The number of carbonyl (C=O) groups is 2. The van der Waals surface area contributed by atoms with Gasteiger partial charge in [-0.1, -0.05) is 13.8 Å². The summed E-state index contributed by atoms with van der Waals surface area (Å²) >= 11 is 0. The molecule has 27 heavy (non-hydrogen) atoms. The standard InChI is InChI=1S/C20H31N3O4/c1-16(2)15-21-19(24)17-6-10-22(11-7-17)18-5-4-9-23(12-8-18)20(25)27-14-13-26-3/h4-5,8-9,12,16-17H,6-7,10-11,13-15H2,1-3H3,(H,21,24). The van der Waals surface area contributed by atoms with E-state index >= 15 is 0 Å². The molecule has 1 fully saturated rings. The lowest BCUT2D eigenvalue weighted by molar-refractivity contribution is -0.126. The van der Waals surface area contributed by atoms with Crippen LogP contribution < -0.4 is 5.32 Å². The summed E-state index contributed by atoms with van der Waals surface area (Å²) in [6, 6.07) is 0. The molecule has 0 bridgehead atoms. The first-order valence-electron chi connectivity index (χ1n) is 9.54. The van der Waals surface area contributed by atoms with Crippen LogP contribution in [-0.4, -0.2) is 61.8 Å². The van der Waals surface area contributed by atoms with E-state index in [1.165, 1.54) is 4.90 Å². The van der Waals surface area contributed by atoms with Crippen molar-refractivity contribution in [2.24, 2.45) is 11.8 Å². The fourth-order valence-electron chi connectivity index (χ4n) is 2.96. The summed E-state index contributed by atoms with van der Waals surface area (Å²) in [6.07, 6.45) is 10.3. The van der Waals surface area contributed by atoms with Gasteiger partial charge in [-0.2, -0.15) is 0 Å². The predicted molar refractivity (Wildman–Crippen MR) is 104 cm³/mol. The molecule has 2 aliphatic rings. The van der Waals surface area contributed by atoms with Crippen LogP contribution in [0.2, 0.25) is 0 Å². The van der Waals surface area contributed by atoms with Crippen LogP contribution in [0.5, 0.6) is 0 Å². The molecule has 2 heterocycles. The maximum Gasteiger partial charge on any atom is 0.418 e. The van der Waals surface area contributed by atoms with Crippen molar-refractivity contribution in [3.8, 4) is 0 Å². The Labute approximate surface area is 161 Å². The summed E-state index contributed by atoms with van der Waals surface area (Å²) in [6.45, 7) is 7.16. The molecular weight excluding hydrogens is 346 g/mol. The van der Waals surface area contributed by atoms with E-state index in [2.05, 4.69) is 24.1 Å². The smallest absolute Gasteiger partial charge is 0.418 e. The first-order valence-corrected chi connectivity index (χ1v) is 9.54. The third-order valence-corrected chi connectivity index (χ3v) is 4.56. The molecule has 7 nitrogen and oxygen atoms in total. The minimum Gasteiger partial charge on any atom is -0.446 e. The van der Waals surface area contributed by atoms with Crippen molar-refractivity contribution in [1.82, 2.24) is 15.1 Å². The van der Waals surface area contributed by atoms with E-state index in [-0.39, 0.29) is 18.4 Å². The van der Waals surface area contributed by atoms with Crippen molar-refractivity contribution >= 4 is 12.0 Å². The fraction of sp³-hybridized carbons (Fsp3) is 0.600. The lowest BCUT2D eigenvalue weighted by atomic mass is 9.95. The number of piperidine rings is 1. The highest BCUT2D eigenvalue weighted by atomic mass is 16.6. The monoisotopic (exact) mass is 377 g/mol. The minimum atomic E-state index is -0.435. The van der Waals surface area contributed by atoms with Gasteiger partial charge in [0.2, 0.25) is 5.91 Å². The van der Waals surface area contributed by atoms with Crippen LogP contribution in [0.1, 0.15) is 26.7 Å². The van der Waals surface area contributed by atoms with Crippen molar-refractivity contribution < 1.29 is 19.1 Å². The maximum atomic E-state index is 12.2. The number of methoxy groups -OCH3 is 1. The topological polar surface area (TPSA) is 71.1 Å². The molecule has 0 radical (unpaired) electrons. The number of amides is 2. The van der Waals surface area contributed by atoms with E-state index in [1.54, 1.807) is 19.5 Å². The second-order valence-corrected chi connectivity index (χ2v) is 7.16. The molecule has 0 atom stereocenters. The second kappa shape index (κ2) is 10.8. The Balaban J connectivity index is 1.82. The van der Waals surface area contributed by atoms with E-state index in [4.69, 9.17) is 9.47 Å². The first kappa shape index (κ1) is 21.0. The lowest BCUT2D eigenvalue weighted by Gasteiger charge is -2.33. The number of ether oxygens (including phenoxy) is 2. The first-order chi connectivity index (χ1) is 13.0. The Morgan fingerprint density at radius 3 is 2.63 bits per heavy atom. The predicted octanol–water partition coefficient (Wildman–Crippen LogP) is 2.48. The van der Waals surface area contributed by atoms with Gasteiger partial charge in [0, 0.05) is 50.8 Å². The molecule has 1 N–H and O–H groups in total. The molecular formula is C20H31N3O4. The van der Waals surface area contributed by atoms with Gasteiger partial charge >= 0.3 is 6.09 Å². The third kappa shape index (κ3) is 6.75. The average molecular weight is 377 g/mol. The van der Waals surface area contributed by atoms with Gasteiger partial charge in [-0.25, -0.2) is 4.79 Å². The summed E-state index contributed by atoms with van der Waals surface area (Å²) < 4.78 is 9.99. The molecule has 0 aromatic carbocycles. The van der Waals surface area contributed by atoms with E-state index in [0.29, 0.717) is 12.5 Å². The van der Waals surface area contributed by atoms with Gasteiger partial charge in [-0.15, -0.1) is 0 Å². The molecule has 150 valence electrons. The SMILES string of the molecule is COCCOC(=O)N1C=CC=C(N2CCC(C(=O)NCC(C)C)CC2)C=C1. The highest BCUT2D eigenvalue weighted by Gasteiger charge is 2.25. The number of allylic oxidation sites excluding steroid dienone is 3. The largest absolute Gasteiger partial charge is 0.446 e. The number of nitrogens with zero attached hydrogens (tertiary/aromatic N) is 2. The van der Waals surface area contributed by atoms with Gasteiger partial charge in [-0.3, -0.25) is 9.69 Å². The van der Waals surface area contributed by atoms with Crippen LogP contribution in [0.15, 0.2) is 36.3 Å². The van der Waals surface area contributed by atoms with Gasteiger partial charge < -0.3 is 19.7 Å². The number of carbonyl (C=O) groups excluding carboxylic acids is 2. The zero-order valence-corrected chi connectivity index (χ0v) is 16.5. The Morgan fingerprint density at radius 2 is 1.96 bits per heavy atom. The van der Waals surface area contributed by atoms with E-state index in [9.17, 15) is 9.59 Å². The van der Waals surface area contributed by atoms with E-state index < -0.39 is 6.09 Å². The Kier molecular flexibility index (Phi) is 8.39. The van der Waals surface area contributed by atoms with Crippen LogP contribution in [0.25, 0.3) is 0 Å². The van der Waals surface area contributed by atoms with E-state index in [0.717, 1.165) is 38.2 Å². The molecule has 0 saturated carbocycles. The Hall–Kier alpha value is -2.28. The molecule has 2 rings (SSSR count). The number of likely N-dealkylation sites (tertiary alicyclic amines) is 1. The second-order valence-electron chi connectivity index (χ2n) is 7.16. The number of nitrogens with one attached hydrogen (secondary N) is 1. The van der Waals surface area contributed by atoms with Crippen molar-refractivity contribution in [1.29, 1.82) is 0 Å². The third-order valence-electron chi connectivity index (χ3n) is 4.56. The van der Waals surface area contributed by atoms with Crippen molar-refractivity contribution in [3.05, 3.63) is 36.3 Å². The lowest BCUT2D eigenvalue weighted by Crippen LogP contribution is -2.40. The highest BCUT2D eigenvalue weighted by Crippen LogP contribution is 2.22. The Bertz CT molecular complexity index is 590. The molecule has 0 aliphatic carbocycles. The zero-order chi connectivity index (χ0) is 19.6. The summed E-state index contributed by atoms with van der Waals surface area (Å²) in [4.78, 5) is 27.9. The Morgan fingerprint density at radius 1 is 1.22 bits per heavy atom. The number of rotatable bonds is 7. The molecule has 1 saturated heterocycles. The highest BCUT2D eigenvalue weighted by molar-refractivity contribution is 5.78. The van der Waals surface area contributed by atoms with Crippen LogP contribution in [0.4, 0.5) is 4.79 Å². The van der Waals surface area contributed by atoms with Gasteiger partial charge in [0.1, 0.15) is 6.61 Å². The number of hydrogen-bond acceptors (Lipinski definition) is 5. The van der Waals surface area contributed by atoms with Crippen molar-refractivity contribution in [2.75, 3.05) is 40.0 Å². The zero-order valence-electron chi connectivity index (χ0n) is 16.5. The quantitative estimate of drug-likeness (QED) is 0.690. The van der Waals surface area contributed by atoms with Gasteiger partial charge in [-0.05, 0) is 37.0 Å². The van der Waals surface area contributed by atoms with Crippen LogP contribution in [-0.2, 0) is 14.3 Å². The van der Waals surface area contributed by atoms with Gasteiger partial charge in [0.25, 0.3) is 0 Å². The van der Waals surface area contributed by atoms with Crippen LogP contribution >= 0.6 is 0 Å². The molecule has 7 heteroatoms. The summed E-state index contributed by atoms with van der Waals surface area (Å²) in [5.74, 6) is 0.711. The van der Waals surface area contributed by atoms with Gasteiger partial charge in [0.05, 0.1) is 6.61 Å². The van der Waals surface area contributed by atoms with Crippen LogP contribution in [0.3, 0.4) is 0 Å². The maximum absolute atomic E-state index is 12.2. The normalized spacial score (nSPS) is 17.7. The average Bonchev–Trinajstić information content (AvgIpc) is 2.92. The van der Waals surface area contributed by atoms with Gasteiger partial charge in [0.15, 0.2) is 0 Å². The van der Waals surface area contributed by atoms with Crippen molar-refractivity contribution in [3.63, 3.8) is 0 Å². The molecule has 0 unspecified atom stereocenters. The molecule has 0 aromatic rings. The van der Waals surface area contributed by atoms with Crippen LogP contribution in [0, 0.1) is 11.8 Å². The summed E-state index contributed by atoms with van der Waals surface area (Å²) in [5, 5.41) is 3.03. The van der Waals surface area contributed by atoms with E-state index in [1.807, 2.05) is 18.2 Å². The molecule has 2 aliphatic heterocycles. The summed E-state index contributed by atoms with van der Waals surface area (Å²) in [7, 11) is 1.56. The summed E-state index contributed by atoms with van der Waals surface area (Å²) in [5.41, 5.74) is 1.03. The molecule has 2 amide bonds. The molecule has 0 aromatic heterocycles. The fourth-order valence-corrected chi connectivity index (χ4v) is 2.96. The molecule has 0 spiro atoms. The minimum absolute atomic E-state index is 0.0816. The van der Waals surface area contributed by atoms with Crippen molar-refractivity contribution in [2.45, 2.75) is 26.7 Å².